The number of ketones is 1. The molecule has 1 aromatic heterocycles. The third-order valence-corrected chi connectivity index (χ3v) is 5.71. The van der Waals surface area contributed by atoms with Crippen molar-refractivity contribution in [2.24, 2.45) is 0 Å². The van der Waals surface area contributed by atoms with E-state index in [0.717, 1.165) is 33.8 Å². The number of nitrogens with zero attached hydrogens (tertiary/aromatic N) is 2. The summed E-state index contributed by atoms with van der Waals surface area (Å²) >= 11 is 0. The number of nitrogens with one attached hydrogen (secondary N) is 1. The van der Waals surface area contributed by atoms with Crippen LogP contribution in [0.2, 0.25) is 0 Å². The van der Waals surface area contributed by atoms with Crippen molar-refractivity contribution in [3.8, 4) is 16.9 Å². The molecule has 2 unspecified atom stereocenters. The Bertz CT molecular complexity index is 1150. The number of hydrogen-bond acceptors (Lipinski definition) is 4. The van der Waals surface area contributed by atoms with Crippen LogP contribution in [0, 0.1) is 13.8 Å². The lowest BCUT2D eigenvalue weighted by Gasteiger charge is -2.17. The summed E-state index contributed by atoms with van der Waals surface area (Å²) in [4.78, 5) is 24.6. The molecule has 6 heteroatoms. The van der Waals surface area contributed by atoms with E-state index in [1.807, 2.05) is 63.2 Å². The van der Waals surface area contributed by atoms with Crippen molar-refractivity contribution in [2.45, 2.75) is 46.3 Å². The highest BCUT2D eigenvalue weighted by Crippen LogP contribution is 2.34. The van der Waals surface area contributed by atoms with Crippen LogP contribution in [0.4, 0.5) is 0 Å². The van der Waals surface area contributed by atoms with Gasteiger partial charge in [-0.15, -0.1) is 0 Å². The number of fused-ring (bicyclic) bond motifs is 1. The van der Waals surface area contributed by atoms with Gasteiger partial charge in [-0.3, -0.25) is 14.3 Å². The summed E-state index contributed by atoms with van der Waals surface area (Å²) in [5.41, 5.74) is 5.58. The Labute approximate surface area is 182 Å². The van der Waals surface area contributed by atoms with Crippen molar-refractivity contribution in [2.75, 3.05) is 6.54 Å². The lowest BCUT2D eigenvalue weighted by atomic mass is 9.95. The molecule has 1 N–H and O–H groups in total. The first-order chi connectivity index (χ1) is 14.8. The van der Waals surface area contributed by atoms with Crippen molar-refractivity contribution >= 4 is 11.7 Å². The normalized spacial score (nSPS) is 15.8. The molecule has 4 rings (SSSR count). The maximum Gasteiger partial charge on any atom is 0.244 e. The third-order valence-electron chi connectivity index (χ3n) is 5.71. The van der Waals surface area contributed by atoms with Crippen LogP contribution in [-0.2, 0) is 11.2 Å². The van der Waals surface area contributed by atoms with E-state index in [1.54, 1.807) is 11.6 Å². The van der Waals surface area contributed by atoms with Gasteiger partial charge in [0.1, 0.15) is 17.9 Å². The van der Waals surface area contributed by atoms with Gasteiger partial charge in [0.05, 0.1) is 12.2 Å². The smallest absolute Gasteiger partial charge is 0.244 e. The van der Waals surface area contributed by atoms with E-state index in [2.05, 4.69) is 16.5 Å². The summed E-state index contributed by atoms with van der Waals surface area (Å²) in [6, 6.07) is 15.2. The summed E-state index contributed by atoms with van der Waals surface area (Å²) in [5, 5.41) is 7.40. The van der Waals surface area contributed by atoms with Crippen LogP contribution in [-0.4, -0.2) is 34.1 Å². The number of carbonyl (C=O) groups excluding carboxylic acids is 2. The third kappa shape index (κ3) is 4.24. The molecule has 2 aromatic carbocycles. The van der Waals surface area contributed by atoms with Gasteiger partial charge >= 0.3 is 0 Å². The highest BCUT2D eigenvalue weighted by atomic mass is 16.5. The van der Waals surface area contributed by atoms with Crippen LogP contribution < -0.4 is 10.1 Å². The van der Waals surface area contributed by atoms with Crippen LogP contribution in [0.15, 0.2) is 48.5 Å². The van der Waals surface area contributed by atoms with Crippen molar-refractivity contribution in [1.29, 1.82) is 0 Å². The van der Waals surface area contributed by atoms with Gasteiger partial charge in [0.2, 0.25) is 5.91 Å². The standard InChI is InChI=1S/C25H27N3O3/c1-15-11-16(2)28(27-15)17(3)25(30)26-14-21-13-20-12-19(9-10-24(20)31-21)23-8-6-5-7-22(23)18(4)29/h5-12,17,21H,13-14H2,1-4H3,(H,26,30). The molecule has 6 nitrogen and oxygen atoms in total. The van der Waals surface area contributed by atoms with Crippen molar-refractivity contribution in [1.82, 2.24) is 15.1 Å². The number of Topliss-reactive ketones (excluding diaryl/α,β-unsaturated/α-hetero) is 1. The summed E-state index contributed by atoms with van der Waals surface area (Å²) in [6.07, 6.45) is 0.588. The number of aromatic nitrogens is 2. The van der Waals surface area contributed by atoms with Crippen molar-refractivity contribution in [3.05, 3.63) is 71.0 Å². The first-order valence-corrected chi connectivity index (χ1v) is 10.5. The summed E-state index contributed by atoms with van der Waals surface area (Å²) in [6.45, 7) is 7.72. The molecule has 2 heterocycles. The van der Waals surface area contributed by atoms with Crippen molar-refractivity contribution < 1.29 is 14.3 Å². The molecule has 0 saturated heterocycles. The van der Waals surface area contributed by atoms with Gasteiger partial charge in [0.15, 0.2) is 5.78 Å². The molecule has 0 bridgehead atoms. The molecule has 1 amide bonds. The highest BCUT2D eigenvalue weighted by molar-refractivity contribution is 6.00. The number of carbonyl (C=O) groups is 2. The molecule has 1 aliphatic rings. The van der Waals surface area contributed by atoms with Gasteiger partial charge in [-0.25, -0.2) is 0 Å². The van der Waals surface area contributed by atoms with E-state index in [4.69, 9.17) is 4.74 Å². The Kier molecular flexibility index (Phi) is 5.63. The van der Waals surface area contributed by atoms with Crippen LogP contribution >= 0.6 is 0 Å². The average molecular weight is 418 g/mol. The molecule has 0 spiro atoms. The van der Waals surface area contributed by atoms with Crippen molar-refractivity contribution in [3.63, 3.8) is 0 Å². The maximum atomic E-state index is 12.6. The molecular weight excluding hydrogens is 390 g/mol. The second kappa shape index (κ2) is 8.38. The zero-order chi connectivity index (χ0) is 22.1. The fraction of sp³-hybridized carbons (Fsp3) is 0.320. The Balaban J connectivity index is 1.42. The van der Waals surface area contributed by atoms with Crippen LogP contribution in [0.1, 0.15) is 47.2 Å². The monoisotopic (exact) mass is 417 g/mol. The SMILES string of the molecule is CC(=O)c1ccccc1-c1ccc2c(c1)CC(CNC(=O)C(C)n1nc(C)cc1C)O2. The number of aryl methyl sites for hydroxylation is 2. The molecule has 3 aromatic rings. The Morgan fingerprint density at radius 2 is 1.97 bits per heavy atom. The van der Waals surface area contributed by atoms with E-state index in [0.29, 0.717) is 18.5 Å². The molecule has 0 radical (unpaired) electrons. The zero-order valence-electron chi connectivity index (χ0n) is 18.3. The largest absolute Gasteiger partial charge is 0.488 e. The number of rotatable bonds is 6. The highest BCUT2D eigenvalue weighted by Gasteiger charge is 2.25. The minimum Gasteiger partial charge on any atom is -0.488 e. The number of benzene rings is 2. The van der Waals surface area contributed by atoms with Crippen LogP contribution in [0.5, 0.6) is 5.75 Å². The number of amides is 1. The topological polar surface area (TPSA) is 73.2 Å². The van der Waals surface area contributed by atoms with E-state index < -0.39 is 0 Å². The Hall–Kier alpha value is -3.41. The summed E-state index contributed by atoms with van der Waals surface area (Å²) < 4.78 is 7.78. The second-order valence-electron chi connectivity index (χ2n) is 8.16. The van der Waals surface area contributed by atoms with E-state index in [9.17, 15) is 9.59 Å². The van der Waals surface area contributed by atoms with E-state index >= 15 is 0 Å². The number of ether oxygens (including phenoxy) is 1. The Morgan fingerprint density at radius 1 is 1.19 bits per heavy atom. The van der Waals surface area contributed by atoms with Gasteiger partial charge in [0, 0.05) is 17.7 Å². The quantitative estimate of drug-likeness (QED) is 0.614. The fourth-order valence-corrected chi connectivity index (χ4v) is 4.16. The Morgan fingerprint density at radius 3 is 2.68 bits per heavy atom. The lowest BCUT2D eigenvalue weighted by molar-refractivity contribution is -0.124. The summed E-state index contributed by atoms with van der Waals surface area (Å²) in [7, 11) is 0. The molecule has 160 valence electrons. The fourth-order valence-electron chi connectivity index (χ4n) is 4.16. The molecular formula is C25H27N3O3. The van der Waals surface area contributed by atoms with Crippen LogP contribution in [0.25, 0.3) is 11.1 Å². The van der Waals surface area contributed by atoms with Gasteiger partial charge < -0.3 is 10.1 Å². The predicted molar refractivity (Wildman–Crippen MR) is 119 cm³/mol. The van der Waals surface area contributed by atoms with Gasteiger partial charge in [-0.05, 0) is 62.6 Å². The minimum absolute atomic E-state index is 0.0460. The molecule has 1 aliphatic heterocycles. The second-order valence-corrected chi connectivity index (χ2v) is 8.16. The zero-order valence-corrected chi connectivity index (χ0v) is 18.3. The predicted octanol–water partition coefficient (Wildman–Crippen LogP) is 4.05. The molecule has 2 atom stereocenters. The van der Waals surface area contributed by atoms with E-state index in [-0.39, 0.29) is 23.8 Å². The van der Waals surface area contributed by atoms with Crippen LogP contribution in [0.3, 0.4) is 0 Å². The van der Waals surface area contributed by atoms with Gasteiger partial charge in [-0.2, -0.15) is 5.10 Å². The number of hydrogen-bond donors (Lipinski definition) is 1. The summed E-state index contributed by atoms with van der Waals surface area (Å²) in [5.74, 6) is 0.793. The molecule has 0 fully saturated rings. The first-order valence-electron chi connectivity index (χ1n) is 10.5. The van der Waals surface area contributed by atoms with Gasteiger partial charge in [0.25, 0.3) is 0 Å². The minimum atomic E-state index is -0.382. The first kappa shape index (κ1) is 20.8. The molecule has 0 aliphatic carbocycles. The average Bonchev–Trinajstić information content (AvgIpc) is 3.32. The molecule has 31 heavy (non-hydrogen) atoms. The maximum absolute atomic E-state index is 12.6. The lowest BCUT2D eigenvalue weighted by Crippen LogP contribution is -2.38. The van der Waals surface area contributed by atoms with Gasteiger partial charge in [-0.1, -0.05) is 30.3 Å². The van der Waals surface area contributed by atoms with E-state index in [1.165, 1.54) is 0 Å². The molecule has 0 saturated carbocycles.